The van der Waals surface area contributed by atoms with Crippen LogP contribution in [0.15, 0.2) is 55.0 Å². The molecule has 0 spiro atoms. The summed E-state index contributed by atoms with van der Waals surface area (Å²) in [4.78, 5) is 3.98. The molecule has 2 N–H and O–H groups in total. The summed E-state index contributed by atoms with van der Waals surface area (Å²) in [5.41, 5.74) is 9.13. The lowest BCUT2D eigenvalue weighted by molar-refractivity contribution is 0.804. The SMILES string of the molecule is Nc1cccc(-n2cc(-c3ccncc3)nn2)c1. The van der Waals surface area contributed by atoms with E-state index < -0.39 is 0 Å². The van der Waals surface area contributed by atoms with Crippen LogP contribution in [-0.2, 0) is 0 Å². The van der Waals surface area contributed by atoms with Crippen molar-refractivity contribution in [2.45, 2.75) is 0 Å². The zero-order valence-electron chi connectivity index (χ0n) is 9.56. The minimum absolute atomic E-state index is 0.702. The zero-order valence-corrected chi connectivity index (χ0v) is 9.56. The van der Waals surface area contributed by atoms with Crippen LogP contribution in [0, 0.1) is 0 Å². The van der Waals surface area contributed by atoms with Gasteiger partial charge in [0.2, 0.25) is 0 Å². The number of nitrogen functional groups attached to an aromatic ring is 1. The minimum Gasteiger partial charge on any atom is -0.399 e. The van der Waals surface area contributed by atoms with Gasteiger partial charge in [0.15, 0.2) is 0 Å². The third-order valence-electron chi connectivity index (χ3n) is 2.60. The molecule has 3 rings (SSSR count). The Morgan fingerprint density at radius 3 is 2.67 bits per heavy atom. The van der Waals surface area contributed by atoms with E-state index in [2.05, 4.69) is 15.3 Å². The van der Waals surface area contributed by atoms with E-state index in [1.54, 1.807) is 17.1 Å². The van der Waals surface area contributed by atoms with Crippen LogP contribution < -0.4 is 5.73 Å². The first kappa shape index (κ1) is 10.5. The average Bonchev–Trinajstić information content (AvgIpc) is 2.89. The van der Waals surface area contributed by atoms with Gasteiger partial charge in [-0.25, -0.2) is 4.68 Å². The van der Waals surface area contributed by atoms with Crippen molar-refractivity contribution in [2.24, 2.45) is 0 Å². The first-order valence-corrected chi connectivity index (χ1v) is 5.51. The first-order chi connectivity index (χ1) is 8.83. The molecular formula is C13H11N5. The molecule has 1 aromatic carbocycles. The molecule has 2 heterocycles. The standard InChI is InChI=1S/C13H11N5/c14-11-2-1-3-12(8-11)18-9-13(16-17-18)10-4-6-15-7-5-10/h1-9H,14H2. The summed E-state index contributed by atoms with van der Waals surface area (Å²) in [6.07, 6.45) is 5.33. The van der Waals surface area contributed by atoms with Crippen LogP contribution in [-0.4, -0.2) is 20.0 Å². The molecule has 2 aromatic heterocycles. The van der Waals surface area contributed by atoms with Gasteiger partial charge in [0.05, 0.1) is 11.9 Å². The highest BCUT2D eigenvalue weighted by molar-refractivity contribution is 5.57. The second kappa shape index (κ2) is 4.29. The molecule has 0 fully saturated rings. The van der Waals surface area contributed by atoms with E-state index >= 15 is 0 Å². The van der Waals surface area contributed by atoms with Crippen LogP contribution in [0.5, 0.6) is 0 Å². The van der Waals surface area contributed by atoms with Gasteiger partial charge in [-0.3, -0.25) is 4.98 Å². The van der Waals surface area contributed by atoms with Crippen LogP contribution in [0.2, 0.25) is 0 Å². The van der Waals surface area contributed by atoms with E-state index in [-0.39, 0.29) is 0 Å². The molecule has 0 unspecified atom stereocenters. The molecule has 0 bridgehead atoms. The minimum atomic E-state index is 0.702. The summed E-state index contributed by atoms with van der Waals surface area (Å²) < 4.78 is 1.70. The Bertz CT molecular complexity index is 660. The molecule has 0 aliphatic rings. The number of aromatic nitrogens is 4. The van der Waals surface area contributed by atoms with Gasteiger partial charge in [-0.05, 0) is 30.3 Å². The summed E-state index contributed by atoms with van der Waals surface area (Å²) >= 11 is 0. The van der Waals surface area contributed by atoms with Crippen molar-refractivity contribution in [3.8, 4) is 16.9 Å². The van der Waals surface area contributed by atoms with Crippen molar-refractivity contribution in [2.75, 3.05) is 5.73 Å². The van der Waals surface area contributed by atoms with Crippen molar-refractivity contribution in [3.05, 3.63) is 55.0 Å². The molecule has 0 amide bonds. The zero-order chi connectivity index (χ0) is 12.4. The third kappa shape index (κ3) is 1.93. The van der Waals surface area contributed by atoms with E-state index in [4.69, 9.17) is 5.73 Å². The average molecular weight is 237 g/mol. The highest BCUT2D eigenvalue weighted by Gasteiger charge is 2.04. The Kier molecular flexibility index (Phi) is 2.49. The van der Waals surface area contributed by atoms with Crippen molar-refractivity contribution in [3.63, 3.8) is 0 Å². The van der Waals surface area contributed by atoms with E-state index in [0.29, 0.717) is 5.69 Å². The fraction of sp³-hybridized carbons (Fsp3) is 0. The first-order valence-electron chi connectivity index (χ1n) is 5.51. The number of pyridine rings is 1. The van der Waals surface area contributed by atoms with Crippen LogP contribution in [0.1, 0.15) is 0 Å². The summed E-state index contributed by atoms with van der Waals surface area (Å²) in [7, 11) is 0. The third-order valence-corrected chi connectivity index (χ3v) is 2.60. The lowest BCUT2D eigenvalue weighted by Gasteiger charge is -2.00. The highest BCUT2D eigenvalue weighted by Crippen LogP contribution is 2.17. The monoisotopic (exact) mass is 237 g/mol. The van der Waals surface area contributed by atoms with E-state index in [0.717, 1.165) is 16.9 Å². The molecule has 5 nitrogen and oxygen atoms in total. The van der Waals surface area contributed by atoms with Crippen molar-refractivity contribution in [1.29, 1.82) is 0 Å². The molecule has 5 heteroatoms. The Hall–Kier alpha value is -2.69. The number of hydrogen-bond acceptors (Lipinski definition) is 4. The maximum Gasteiger partial charge on any atom is 0.113 e. The second-order valence-corrected chi connectivity index (χ2v) is 3.88. The Morgan fingerprint density at radius 2 is 1.89 bits per heavy atom. The molecule has 0 atom stereocenters. The molecule has 0 radical (unpaired) electrons. The van der Waals surface area contributed by atoms with Crippen LogP contribution in [0.3, 0.4) is 0 Å². The smallest absolute Gasteiger partial charge is 0.113 e. The van der Waals surface area contributed by atoms with Gasteiger partial charge >= 0.3 is 0 Å². The lowest BCUT2D eigenvalue weighted by atomic mass is 10.2. The van der Waals surface area contributed by atoms with E-state index in [9.17, 15) is 0 Å². The molecule has 0 saturated heterocycles. The summed E-state index contributed by atoms with van der Waals surface area (Å²) in [6.45, 7) is 0. The number of rotatable bonds is 2. The lowest BCUT2D eigenvalue weighted by Crippen LogP contribution is -1.95. The number of nitrogens with zero attached hydrogens (tertiary/aromatic N) is 4. The largest absolute Gasteiger partial charge is 0.399 e. The van der Waals surface area contributed by atoms with E-state index in [1.165, 1.54) is 0 Å². The summed E-state index contributed by atoms with van der Waals surface area (Å²) in [5.74, 6) is 0. The van der Waals surface area contributed by atoms with Gasteiger partial charge in [-0.1, -0.05) is 11.3 Å². The van der Waals surface area contributed by atoms with Crippen molar-refractivity contribution < 1.29 is 0 Å². The van der Waals surface area contributed by atoms with Crippen molar-refractivity contribution in [1.82, 2.24) is 20.0 Å². The summed E-state index contributed by atoms with van der Waals surface area (Å²) in [5, 5.41) is 8.23. The molecular weight excluding hydrogens is 226 g/mol. The van der Waals surface area contributed by atoms with Gasteiger partial charge in [0.1, 0.15) is 5.69 Å². The number of nitrogens with two attached hydrogens (primary N) is 1. The van der Waals surface area contributed by atoms with Crippen LogP contribution >= 0.6 is 0 Å². The van der Waals surface area contributed by atoms with Gasteiger partial charge in [-0.2, -0.15) is 0 Å². The molecule has 18 heavy (non-hydrogen) atoms. The maximum atomic E-state index is 5.74. The Balaban J connectivity index is 2.00. The highest BCUT2D eigenvalue weighted by atomic mass is 15.4. The molecule has 0 aliphatic heterocycles. The van der Waals surface area contributed by atoms with Gasteiger partial charge in [-0.15, -0.1) is 5.10 Å². The number of anilines is 1. The molecule has 88 valence electrons. The predicted molar refractivity (Wildman–Crippen MR) is 69.0 cm³/mol. The molecule has 3 aromatic rings. The topological polar surface area (TPSA) is 69.6 Å². The maximum absolute atomic E-state index is 5.74. The van der Waals surface area contributed by atoms with Gasteiger partial charge in [0, 0.05) is 23.6 Å². The second-order valence-electron chi connectivity index (χ2n) is 3.88. The summed E-state index contributed by atoms with van der Waals surface area (Å²) in [6, 6.07) is 11.3. The predicted octanol–water partition coefficient (Wildman–Crippen LogP) is 1.91. The van der Waals surface area contributed by atoms with Crippen LogP contribution in [0.25, 0.3) is 16.9 Å². The van der Waals surface area contributed by atoms with E-state index in [1.807, 2.05) is 42.6 Å². The van der Waals surface area contributed by atoms with Crippen molar-refractivity contribution >= 4 is 5.69 Å². The van der Waals surface area contributed by atoms with Crippen LogP contribution in [0.4, 0.5) is 5.69 Å². The Morgan fingerprint density at radius 1 is 1.06 bits per heavy atom. The fourth-order valence-corrected chi connectivity index (χ4v) is 1.71. The quantitative estimate of drug-likeness (QED) is 0.691. The number of hydrogen-bond donors (Lipinski definition) is 1. The molecule has 0 saturated carbocycles. The van der Waals surface area contributed by atoms with Gasteiger partial charge < -0.3 is 5.73 Å². The number of benzene rings is 1. The van der Waals surface area contributed by atoms with Gasteiger partial charge in [0.25, 0.3) is 0 Å². The fourth-order valence-electron chi connectivity index (χ4n) is 1.71. The normalized spacial score (nSPS) is 10.4. The Labute approximate surface area is 104 Å². The molecule has 0 aliphatic carbocycles.